The lowest BCUT2D eigenvalue weighted by Gasteiger charge is -2.11. The summed E-state index contributed by atoms with van der Waals surface area (Å²) in [4.78, 5) is 0. The van der Waals surface area contributed by atoms with Crippen molar-refractivity contribution >= 4 is 0 Å². The number of hydrogen-bond acceptors (Lipinski definition) is 4. The second-order valence-corrected chi connectivity index (χ2v) is 3.82. The molecule has 1 unspecified atom stereocenters. The second kappa shape index (κ2) is 6.48. The van der Waals surface area contributed by atoms with Gasteiger partial charge in [-0.3, -0.25) is 0 Å². The van der Waals surface area contributed by atoms with Crippen LogP contribution in [0.25, 0.3) is 0 Å². The zero-order chi connectivity index (χ0) is 12.0. The average molecular weight is 224 g/mol. The fourth-order valence-electron chi connectivity index (χ4n) is 1.52. The first kappa shape index (κ1) is 13.0. The second-order valence-electron chi connectivity index (χ2n) is 3.82. The summed E-state index contributed by atoms with van der Waals surface area (Å²) in [5.74, 6) is 0.894. The van der Waals surface area contributed by atoms with Crippen molar-refractivity contribution in [3.8, 4) is 5.75 Å². The van der Waals surface area contributed by atoms with E-state index < -0.39 is 6.10 Å². The Morgan fingerprint density at radius 3 is 2.81 bits per heavy atom. The van der Waals surface area contributed by atoms with Crippen LogP contribution in [0.5, 0.6) is 5.75 Å². The average Bonchev–Trinajstić information content (AvgIpc) is 2.29. The van der Waals surface area contributed by atoms with E-state index in [1.54, 1.807) is 7.11 Å². The van der Waals surface area contributed by atoms with E-state index in [1.165, 1.54) is 5.56 Å². The molecule has 0 aromatic heterocycles. The Hall–Kier alpha value is -1.10. The van der Waals surface area contributed by atoms with Gasteiger partial charge in [0.15, 0.2) is 0 Å². The Kier molecular flexibility index (Phi) is 5.25. The number of methoxy groups -OCH3 is 1. The lowest BCUT2D eigenvalue weighted by atomic mass is 10.1. The maximum atomic E-state index is 9.27. The molecule has 0 bridgehead atoms. The van der Waals surface area contributed by atoms with Crippen molar-refractivity contribution in [1.29, 1.82) is 0 Å². The number of ether oxygens (including phenoxy) is 1. The van der Waals surface area contributed by atoms with E-state index in [4.69, 9.17) is 10.5 Å². The van der Waals surface area contributed by atoms with Gasteiger partial charge < -0.3 is 20.9 Å². The zero-order valence-corrected chi connectivity index (χ0v) is 9.86. The summed E-state index contributed by atoms with van der Waals surface area (Å²) in [5, 5.41) is 12.4. The van der Waals surface area contributed by atoms with Crippen LogP contribution in [0.3, 0.4) is 0 Å². The molecule has 90 valence electrons. The summed E-state index contributed by atoms with van der Waals surface area (Å²) in [7, 11) is 1.66. The molecule has 1 aromatic carbocycles. The van der Waals surface area contributed by atoms with Crippen molar-refractivity contribution in [2.75, 3.05) is 20.2 Å². The smallest absolute Gasteiger partial charge is 0.121 e. The first-order valence-corrected chi connectivity index (χ1v) is 5.39. The monoisotopic (exact) mass is 224 g/mol. The number of nitrogens with one attached hydrogen (secondary N) is 1. The van der Waals surface area contributed by atoms with Gasteiger partial charge in [-0.2, -0.15) is 0 Å². The third kappa shape index (κ3) is 3.81. The summed E-state index contributed by atoms with van der Waals surface area (Å²) < 4.78 is 5.18. The normalized spacial score (nSPS) is 12.5. The van der Waals surface area contributed by atoms with E-state index >= 15 is 0 Å². The molecule has 16 heavy (non-hydrogen) atoms. The summed E-state index contributed by atoms with van der Waals surface area (Å²) in [6.45, 7) is 3.54. The highest BCUT2D eigenvalue weighted by atomic mass is 16.5. The minimum Gasteiger partial charge on any atom is -0.496 e. The first-order valence-electron chi connectivity index (χ1n) is 5.39. The molecule has 0 radical (unpaired) electrons. The van der Waals surface area contributed by atoms with E-state index in [0.29, 0.717) is 6.54 Å². The molecule has 0 spiro atoms. The van der Waals surface area contributed by atoms with Crippen LogP contribution in [-0.2, 0) is 6.54 Å². The van der Waals surface area contributed by atoms with Gasteiger partial charge in [0.25, 0.3) is 0 Å². The predicted octanol–water partition coefficient (Wildman–Crippen LogP) is 0.413. The fraction of sp³-hybridized carbons (Fsp3) is 0.500. The number of hydrogen-bond donors (Lipinski definition) is 3. The largest absolute Gasteiger partial charge is 0.496 e. The predicted molar refractivity (Wildman–Crippen MR) is 64.5 cm³/mol. The number of benzene rings is 1. The third-order valence-electron chi connectivity index (χ3n) is 2.44. The van der Waals surface area contributed by atoms with Gasteiger partial charge in [0.2, 0.25) is 0 Å². The lowest BCUT2D eigenvalue weighted by Crippen LogP contribution is -2.32. The van der Waals surface area contributed by atoms with Gasteiger partial charge in [0.05, 0.1) is 13.2 Å². The van der Waals surface area contributed by atoms with E-state index in [9.17, 15) is 5.11 Å². The number of aliphatic hydroxyl groups excluding tert-OH is 1. The van der Waals surface area contributed by atoms with Gasteiger partial charge >= 0.3 is 0 Å². The fourth-order valence-corrected chi connectivity index (χ4v) is 1.52. The van der Waals surface area contributed by atoms with Crippen molar-refractivity contribution in [2.24, 2.45) is 5.73 Å². The molecular weight excluding hydrogens is 204 g/mol. The van der Waals surface area contributed by atoms with Gasteiger partial charge in [0, 0.05) is 19.6 Å². The zero-order valence-electron chi connectivity index (χ0n) is 9.86. The molecule has 4 heteroatoms. The summed E-state index contributed by atoms with van der Waals surface area (Å²) >= 11 is 0. The molecule has 0 aliphatic rings. The molecule has 0 saturated heterocycles. The first-order chi connectivity index (χ1) is 7.67. The van der Waals surface area contributed by atoms with Gasteiger partial charge in [0.1, 0.15) is 5.75 Å². The van der Waals surface area contributed by atoms with E-state index in [0.717, 1.165) is 17.9 Å². The molecule has 1 aromatic rings. The van der Waals surface area contributed by atoms with Crippen molar-refractivity contribution in [3.05, 3.63) is 29.3 Å². The number of nitrogens with two attached hydrogens (primary N) is 1. The molecule has 0 amide bonds. The molecular formula is C12H20N2O2. The standard InChI is InChI=1S/C12H20N2O2/c1-9-5-10(3-4-12(9)16-2)7-14-8-11(15)6-13/h3-5,11,14-15H,6-8,13H2,1-2H3. The Bertz CT molecular complexity index is 329. The highest BCUT2D eigenvalue weighted by Gasteiger charge is 2.02. The third-order valence-corrected chi connectivity index (χ3v) is 2.44. The number of rotatable bonds is 6. The summed E-state index contributed by atoms with van der Waals surface area (Å²) in [5.41, 5.74) is 7.59. The SMILES string of the molecule is COc1ccc(CNCC(O)CN)cc1C. The van der Waals surface area contributed by atoms with Crippen LogP contribution in [0.2, 0.25) is 0 Å². The summed E-state index contributed by atoms with van der Waals surface area (Å²) in [6.07, 6.45) is -0.473. The van der Waals surface area contributed by atoms with Gasteiger partial charge in [-0.15, -0.1) is 0 Å². The minimum atomic E-state index is -0.473. The molecule has 0 heterocycles. The molecule has 1 rings (SSSR count). The number of aliphatic hydroxyl groups is 1. The van der Waals surface area contributed by atoms with Crippen LogP contribution in [0, 0.1) is 6.92 Å². The van der Waals surface area contributed by atoms with Crippen molar-refractivity contribution < 1.29 is 9.84 Å². The quantitative estimate of drug-likeness (QED) is 0.655. The Balaban J connectivity index is 2.46. The molecule has 0 saturated carbocycles. The van der Waals surface area contributed by atoms with E-state index in [-0.39, 0.29) is 6.54 Å². The van der Waals surface area contributed by atoms with Crippen LogP contribution in [0.4, 0.5) is 0 Å². The van der Waals surface area contributed by atoms with Crippen LogP contribution >= 0.6 is 0 Å². The Morgan fingerprint density at radius 1 is 1.50 bits per heavy atom. The van der Waals surface area contributed by atoms with Gasteiger partial charge in [-0.1, -0.05) is 12.1 Å². The molecule has 1 atom stereocenters. The van der Waals surface area contributed by atoms with Gasteiger partial charge in [-0.05, 0) is 24.1 Å². The highest BCUT2D eigenvalue weighted by Crippen LogP contribution is 2.18. The molecule has 0 aliphatic carbocycles. The Morgan fingerprint density at radius 2 is 2.25 bits per heavy atom. The number of aryl methyl sites for hydroxylation is 1. The highest BCUT2D eigenvalue weighted by molar-refractivity contribution is 5.36. The van der Waals surface area contributed by atoms with Crippen molar-refractivity contribution in [1.82, 2.24) is 5.32 Å². The Labute approximate surface area is 96.4 Å². The topological polar surface area (TPSA) is 67.5 Å². The van der Waals surface area contributed by atoms with Crippen molar-refractivity contribution in [3.63, 3.8) is 0 Å². The van der Waals surface area contributed by atoms with Gasteiger partial charge in [-0.25, -0.2) is 0 Å². The van der Waals surface area contributed by atoms with Crippen LogP contribution in [-0.4, -0.2) is 31.4 Å². The maximum Gasteiger partial charge on any atom is 0.121 e. The molecule has 4 nitrogen and oxygen atoms in total. The molecule has 0 aliphatic heterocycles. The molecule has 0 fully saturated rings. The van der Waals surface area contributed by atoms with Crippen LogP contribution < -0.4 is 15.8 Å². The minimum absolute atomic E-state index is 0.286. The van der Waals surface area contributed by atoms with Crippen LogP contribution in [0.15, 0.2) is 18.2 Å². The van der Waals surface area contributed by atoms with Crippen molar-refractivity contribution in [2.45, 2.75) is 19.6 Å². The van der Waals surface area contributed by atoms with Crippen LogP contribution in [0.1, 0.15) is 11.1 Å². The molecule has 4 N–H and O–H groups in total. The summed E-state index contributed by atoms with van der Waals surface area (Å²) in [6, 6.07) is 6.03. The lowest BCUT2D eigenvalue weighted by molar-refractivity contribution is 0.179. The van der Waals surface area contributed by atoms with E-state index in [2.05, 4.69) is 11.4 Å². The van der Waals surface area contributed by atoms with E-state index in [1.807, 2.05) is 19.1 Å². The maximum absolute atomic E-state index is 9.27.